The van der Waals surface area contributed by atoms with Crippen LogP contribution in [0.5, 0.6) is 0 Å². The van der Waals surface area contributed by atoms with Crippen LogP contribution in [0.25, 0.3) is 0 Å². The predicted octanol–water partition coefficient (Wildman–Crippen LogP) is 3.39. The van der Waals surface area contributed by atoms with Gasteiger partial charge < -0.3 is 9.47 Å². The van der Waals surface area contributed by atoms with Crippen LogP contribution in [0.4, 0.5) is 0 Å². The fourth-order valence-electron chi connectivity index (χ4n) is 3.00. The lowest BCUT2D eigenvalue weighted by molar-refractivity contribution is -0.167. The second-order valence-electron chi connectivity index (χ2n) is 5.08. The van der Waals surface area contributed by atoms with Crippen LogP contribution in [0.15, 0.2) is 18.2 Å². The van der Waals surface area contributed by atoms with Crippen LogP contribution >= 0.6 is 11.6 Å². The fraction of sp³-hybridized carbons (Fsp3) is 0.600. The van der Waals surface area contributed by atoms with E-state index in [4.69, 9.17) is 21.1 Å². The molecule has 3 heteroatoms. The molecule has 1 aliphatic carbocycles. The molecule has 1 heterocycles. The van der Waals surface area contributed by atoms with Gasteiger partial charge in [-0.1, -0.05) is 18.2 Å². The van der Waals surface area contributed by atoms with Gasteiger partial charge in [0.2, 0.25) is 0 Å². The van der Waals surface area contributed by atoms with Gasteiger partial charge in [-0.2, -0.15) is 0 Å². The third-order valence-electron chi connectivity index (χ3n) is 3.97. The van der Waals surface area contributed by atoms with E-state index < -0.39 is 5.79 Å². The summed E-state index contributed by atoms with van der Waals surface area (Å²) >= 11 is 5.90. The first kappa shape index (κ1) is 12.5. The molecule has 0 unspecified atom stereocenters. The first-order chi connectivity index (χ1) is 8.84. The molecule has 1 saturated heterocycles. The van der Waals surface area contributed by atoms with Crippen LogP contribution in [0, 0.1) is 0 Å². The average Bonchev–Trinajstić information content (AvgIpc) is 2.88. The zero-order chi connectivity index (χ0) is 12.4. The Morgan fingerprint density at radius 2 is 1.78 bits per heavy atom. The number of hydrogen-bond acceptors (Lipinski definition) is 2. The maximum atomic E-state index is 5.90. The second-order valence-corrected chi connectivity index (χ2v) is 5.46. The maximum Gasteiger partial charge on any atom is 0.196 e. The monoisotopic (exact) mass is 266 g/mol. The van der Waals surface area contributed by atoms with Gasteiger partial charge in [-0.3, -0.25) is 0 Å². The number of benzene rings is 1. The molecular formula is C15H19ClO2. The first-order valence-corrected chi connectivity index (χ1v) is 7.34. The van der Waals surface area contributed by atoms with Gasteiger partial charge in [-0.15, -0.1) is 11.6 Å². The van der Waals surface area contributed by atoms with Gasteiger partial charge in [0.05, 0.1) is 13.2 Å². The largest absolute Gasteiger partial charge is 0.343 e. The molecule has 1 fully saturated rings. The molecule has 2 nitrogen and oxygen atoms in total. The summed E-state index contributed by atoms with van der Waals surface area (Å²) in [5.74, 6) is -0.0364. The van der Waals surface area contributed by atoms with Crippen LogP contribution in [-0.2, 0) is 28.1 Å². The number of halogens is 1. The SMILES string of the molecule is ClCCC1(c2ccc3c(c2)CCCC3)OCCO1. The first-order valence-electron chi connectivity index (χ1n) is 6.80. The third kappa shape index (κ3) is 2.18. The molecular weight excluding hydrogens is 248 g/mol. The third-order valence-corrected chi connectivity index (χ3v) is 4.15. The van der Waals surface area contributed by atoms with Crippen LogP contribution in [0.3, 0.4) is 0 Å². The molecule has 2 aliphatic rings. The Labute approximate surface area is 113 Å². The van der Waals surface area contributed by atoms with Crippen molar-refractivity contribution < 1.29 is 9.47 Å². The Hall–Kier alpha value is -0.570. The highest BCUT2D eigenvalue weighted by atomic mass is 35.5. The summed E-state index contributed by atoms with van der Waals surface area (Å²) in [6.45, 7) is 1.32. The number of aryl methyl sites for hydroxylation is 2. The zero-order valence-corrected chi connectivity index (χ0v) is 11.3. The molecule has 3 rings (SSSR count). The minimum atomic E-state index is -0.589. The zero-order valence-electron chi connectivity index (χ0n) is 10.6. The van der Waals surface area contributed by atoms with Crippen LogP contribution < -0.4 is 0 Å². The smallest absolute Gasteiger partial charge is 0.196 e. The van der Waals surface area contributed by atoms with Crippen molar-refractivity contribution in [1.82, 2.24) is 0 Å². The van der Waals surface area contributed by atoms with E-state index in [1.165, 1.54) is 36.8 Å². The topological polar surface area (TPSA) is 18.5 Å². The number of alkyl halides is 1. The average molecular weight is 267 g/mol. The molecule has 1 aromatic rings. The standard InChI is InChI=1S/C15H19ClO2/c16-8-7-15(17-9-10-18-15)14-6-5-12-3-1-2-4-13(12)11-14/h5-6,11H,1-4,7-10H2. The van der Waals surface area contributed by atoms with E-state index in [1.54, 1.807) is 0 Å². The summed E-state index contributed by atoms with van der Waals surface area (Å²) in [6.07, 6.45) is 5.71. The summed E-state index contributed by atoms with van der Waals surface area (Å²) in [5.41, 5.74) is 4.09. The number of fused-ring (bicyclic) bond motifs is 1. The molecule has 0 aromatic heterocycles. The van der Waals surface area contributed by atoms with E-state index in [0.29, 0.717) is 25.5 Å². The Morgan fingerprint density at radius 3 is 2.50 bits per heavy atom. The Morgan fingerprint density at radius 1 is 1.06 bits per heavy atom. The molecule has 0 amide bonds. The molecule has 0 saturated carbocycles. The van der Waals surface area contributed by atoms with Crippen molar-refractivity contribution in [3.05, 3.63) is 34.9 Å². The van der Waals surface area contributed by atoms with E-state index >= 15 is 0 Å². The van der Waals surface area contributed by atoms with Gasteiger partial charge in [-0.25, -0.2) is 0 Å². The fourth-order valence-corrected chi connectivity index (χ4v) is 3.25. The lowest BCUT2D eigenvalue weighted by Gasteiger charge is -2.28. The molecule has 98 valence electrons. The molecule has 0 atom stereocenters. The van der Waals surface area contributed by atoms with Gasteiger partial charge in [-0.05, 0) is 36.8 Å². The Bertz CT molecular complexity index is 425. The van der Waals surface area contributed by atoms with E-state index in [-0.39, 0.29) is 0 Å². The minimum Gasteiger partial charge on any atom is -0.343 e. The lowest BCUT2D eigenvalue weighted by Crippen LogP contribution is -2.28. The highest BCUT2D eigenvalue weighted by Gasteiger charge is 2.38. The van der Waals surface area contributed by atoms with Gasteiger partial charge in [0, 0.05) is 17.9 Å². The molecule has 0 bridgehead atoms. The van der Waals surface area contributed by atoms with E-state index in [2.05, 4.69) is 18.2 Å². The van der Waals surface area contributed by atoms with Gasteiger partial charge in [0.25, 0.3) is 0 Å². The lowest BCUT2D eigenvalue weighted by atomic mass is 9.88. The van der Waals surface area contributed by atoms with Gasteiger partial charge in [0.15, 0.2) is 5.79 Å². The molecule has 0 N–H and O–H groups in total. The second kappa shape index (κ2) is 5.20. The maximum absolute atomic E-state index is 5.90. The normalized spacial score (nSPS) is 21.8. The molecule has 1 aromatic carbocycles. The number of rotatable bonds is 3. The summed E-state index contributed by atoms with van der Waals surface area (Å²) in [6, 6.07) is 6.67. The van der Waals surface area contributed by atoms with E-state index in [0.717, 1.165) is 5.56 Å². The molecule has 0 spiro atoms. The van der Waals surface area contributed by atoms with Crippen LogP contribution in [-0.4, -0.2) is 19.1 Å². The van der Waals surface area contributed by atoms with Crippen molar-refractivity contribution in [2.75, 3.05) is 19.1 Å². The van der Waals surface area contributed by atoms with Crippen molar-refractivity contribution in [2.24, 2.45) is 0 Å². The number of hydrogen-bond donors (Lipinski definition) is 0. The minimum absolute atomic E-state index is 0.553. The number of ether oxygens (including phenoxy) is 2. The highest BCUT2D eigenvalue weighted by molar-refractivity contribution is 6.17. The summed E-state index contributed by atoms with van der Waals surface area (Å²) in [7, 11) is 0. The van der Waals surface area contributed by atoms with Crippen LogP contribution in [0.2, 0.25) is 0 Å². The molecule has 0 radical (unpaired) electrons. The van der Waals surface area contributed by atoms with Crippen molar-refractivity contribution in [2.45, 2.75) is 37.9 Å². The van der Waals surface area contributed by atoms with Crippen molar-refractivity contribution in [3.8, 4) is 0 Å². The van der Waals surface area contributed by atoms with Gasteiger partial charge in [0.1, 0.15) is 0 Å². The van der Waals surface area contributed by atoms with E-state index in [1.807, 2.05) is 0 Å². The Kier molecular flexibility index (Phi) is 3.60. The highest BCUT2D eigenvalue weighted by Crippen LogP contribution is 2.37. The van der Waals surface area contributed by atoms with Crippen molar-refractivity contribution in [1.29, 1.82) is 0 Å². The Balaban J connectivity index is 1.94. The van der Waals surface area contributed by atoms with Crippen molar-refractivity contribution in [3.63, 3.8) is 0 Å². The summed E-state index contributed by atoms with van der Waals surface area (Å²) in [4.78, 5) is 0. The summed E-state index contributed by atoms with van der Waals surface area (Å²) in [5, 5.41) is 0. The van der Waals surface area contributed by atoms with Crippen LogP contribution in [0.1, 0.15) is 36.0 Å². The molecule has 1 aliphatic heterocycles. The molecule has 18 heavy (non-hydrogen) atoms. The quantitative estimate of drug-likeness (QED) is 0.781. The van der Waals surface area contributed by atoms with Gasteiger partial charge >= 0.3 is 0 Å². The predicted molar refractivity (Wildman–Crippen MR) is 72.0 cm³/mol. The van der Waals surface area contributed by atoms with E-state index in [9.17, 15) is 0 Å². The summed E-state index contributed by atoms with van der Waals surface area (Å²) < 4.78 is 11.7. The van der Waals surface area contributed by atoms with Crippen molar-refractivity contribution >= 4 is 11.6 Å².